The Bertz CT molecular complexity index is 417. The summed E-state index contributed by atoms with van der Waals surface area (Å²) >= 11 is 0. The summed E-state index contributed by atoms with van der Waals surface area (Å²) in [5.41, 5.74) is 6.39. The van der Waals surface area contributed by atoms with Crippen LogP contribution in [0.2, 0.25) is 0 Å². The van der Waals surface area contributed by atoms with Crippen LogP contribution in [0.15, 0.2) is 18.3 Å². The van der Waals surface area contributed by atoms with E-state index in [2.05, 4.69) is 15.6 Å². The van der Waals surface area contributed by atoms with E-state index in [0.29, 0.717) is 18.7 Å². The van der Waals surface area contributed by atoms with Gasteiger partial charge in [-0.2, -0.15) is 0 Å². The second kappa shape index (κ2) is 8.07. The van der Waals surface area contributed by atoms with Gasteiger partial charge < -0.3 is 16.4 Å². The highest BCUT2D eigenvalue weighted by Gasteiger charge is 2.04. The van der Waals surface area contributed by atoms with E-state index in [-0.39, 0.29) is 5.91 Å². The summed E-state index contributed by atoms with van der Waals surface area (Å²) in [5.74, 6) is -0.109. The summed E-state index contributed by atoms with van der Waals surface area (Å²) in [6, 6.07) is 3.07. The number of nitrogens with zero attached hydrogens (tertiary/aromatic N) is 1. The monoisotopic (exact) mass is 264 g/mol. The molecule has 3 amide bonds. The second-order valence-corrected chi connectivity index (χ2v) is 4.30. The van der Waals surface area contributed by atoms with Gasteiger partial charge in [-0.15, -0.1) is 0 Å². The number of pyridine rings is 1. The first-order valence-corrected chi connectivity index (χ1v) is 6.34. The zero-order valence-electron chi connectivity index (χ0n) is 11.1. The molecule has 1 aromatic rings. The van der Waals surface area contributed by atoms with Gasteiger partial charge in [0.2, 0.25) is 0 Å². The van der Waals surface area contributed by atoms with Gasteiger partial charge in [-0.1, -0.05) is 0 Å². The maximum absolute atomic E-state index is 11.7. The van der Waals surface area contributed by atoms with Gasteiger partial charge in [0.15, 0.2) is 0 Å². The molecule has 0 saturated carbocycles. The minimum atomic E-state index is -0.500. The van der Waals surface area contributed by atoms with Crippen molar-refractivity contribution in [1.29, 1.82) is 0 Å². The smallest absolute Gasteiger partial charge is 0.312 e. The van der Waals surface area contributed by atoms with E-state index in [1.807, 2.05) is 13.0 Å². The van der Waals surface area contributed by atoms with Crippen molar-refractivity contribution in [3.63, 3.8) is 0 Å². The summed E-state index contributed by atoms with van der Waals surface area (Å²) in [4.78, 5) is 26.2. The van der Waals surface area contributed by atoms with Crippen molar-refractivity contribution in [3.05, 3.63) is 29.6 Å². The van der Waals surface area contributed by atoms with Gasteiger partial charge in [-0.05, 0) is 38.3 Å². The fourth-order valence-electron chi connectivity index (χ4n) is 1.54. The maximum Gasteiger partial charge on any atom is 0.312 e. The van der Waals surface area contributed by atoms with Gasteiger partial charge in [0.25, 0.3) is 5.91 Å². The standard InChI is InChI=1S/C13H20N4O2/c1-10-5-6-11(9-17-10)12(18)15-7-3-2-4-8-16-13(14)19/h5-6,9H,2-4,7-8H2,1H3,(H,15,18)(H3,14,16,19). The normalized spacial score (nSPS) is 9.95. The molecule has 19 heavy (non-hydrogen) atoms. The maximum atomic E-state index is 11.7. The number of nitrogens with two attached hydrogens (primary N) is 1. The lowest BCUT2D eigenvalue weighted by molar-refractivity contribution is 0.0952. The molecule has 1 aromatic heterocycles. The van der Waals surface area contributed by atoms with Crippen LogP contribution in [0.25, 0.3) is 0 Å². The molecule has 0 radical (unpaired) electrons. The van der Waals surface area contributed by atoms with Gasteiger partial charge >= 0.3 is 6.03 Å². The number of urea groups is 1. The molecule has 0 saturated heterocycles. The number of carbonyl (C=O) groups is 2. The number of aryl methyl sites for hydroxylation is 1. The van der Waals surface area contributed by atoms with Crippen LogP contribution in [0, 0.1) is 6.92 Å². The summed E-state index contributed by atoms with van der Waals surface area (Å²) in [7, 11) is 0. The Morgan fingerprint density at radius 3 is 2.42 bits per heavy atom. The van der Waals surface area contributed by atoms with Gasteiger partial charge in [0.1, 0.15) is 0 Å². The molecule has 0 aliphatic carbocycles. The van der Waals surface area contributed by atoms with E-state index in [1.54, 1.807) is 12.3 Å². The number of nitrogens with one attached hydrogen (secondary N) is 2. The third-order valence-corrected chi connectivity index (χ3v) is 2.61. The molecule has 0 aromatic carbocycles. The van der Waals surface area contributed by atoms with E-state index in [0.717, 1.165) is 25.0 Å². The molecule has 104 valence electrons. The molecule has 1 rings (SSSR count). The number of hydrogen-bond acceptors (Lipinski definition) is 3. The van der Waals surface area contributed by atoms with Gasteiger partial charge in [0, 0.05) is 25.0 Å². The first-order chi connectivity index (χ1) is 9.09. The molecule has 0 unspecified atom stereocenters. The number of carbonyl (C=O) groups excluding carboxylic acids is 2. The fraction of sp³-hybridized carbons (Fsp3) is 0.462. The van der Waals surface area contributed by atoms with Crippen molar-refractivity contribution in [3.8, 4) is 0 Å². The predicted molar refractivity (Wildman–Crippen MR) is 72.7 cm³/mol. The Morgan fingerprint density at radius 1 is 1.16 bits per heavy atom. The van der Waals surface area contributed by atoms with Crippen molar-refractivity contribution in [2.24, 2.45) is 5.73 Å². The van der Waals surface area contributed by atoms with Crippen molar-refractivity contribution in [1.82, 2.24) is 15.6 Å². The zero-order valence-corrected chi connectivity index (χ0v) is 11.1. The highest BCUT2D eigenvalue weighted by molar-refractivity contribution is 5.93. The van der Waals surface area contributed by atoms with E-state index in [1.165, 1.54) is 0 Å². The van der Waals surface area contributed by atoms with E-state index in [9.17, 15) is 9.59 Å². The molecule has 0 bridgehead atoms. The molecule has 0 atom stereocenters. The van der Waals surface area contributed by atoms with Crippen LogP contribution in [-0.2, 0) is 0 Å². The second-order valence-electron chi connectivity index (χ2n) is 4.30. The Balaban J connectivity index is 2.11. The van der Waals surface area contributed by atoms with Crippen LogP contribution < -0.4 is 16.4 Å². The minimum Gasteiger partial charge on any atom is -0.352 e. The number of amides is 3. The molecule has 0 spiro atoms. The molecule has 1 heterocycles. The quantitative estimate of drug-likeness (QED) is 0.640. The molecule has 4 N–H and O–H groups in total. The van der Waals surface area contributed by atoms with Crippen LogP contribution in [0.5, 0.6) is 0 Å². The molecule has 0 aliphatic heterocycles. The highest BCUT2D eigenvalue weighted by atomic mass is 16.2. The van der Waals surface area contributed by atoms with Crippen molar-refractivity contribution >= 4 is 11.9 Å². The molecular formula is C13H20N4O2. The Morgan fingerprint density at radius 2 is 1.84 bits per heavy atom. The van der Waals surface area contributed by atoms with E-state index >= 15 is 0 Å². The topological polar surface area (TPSA) is 97.1 Å². The third kappa shape index (κ3) is 6.40. The Kier molecular flexibility index (Phi) is 6.35. The number of rotatable bonds is 7. The lowest BCUT2D eigenvalue weighted by atomic mass is 10.2. The van der Waals surface area contributed by atoms with Crippen molar-refractivity contribution in [2.75, 3.05) is 13.1 Å². The number of aromatic nitrogens is 1. The van der Waals surface area contributed by atoms with Crippen LogP contribution in [0.3, 0.4) is 0 Å². The molecule has 6 nitrogen and oxygen atoms in total. The average molecular weight is 264 g/mol. The summed E-state index contributed by atoms with van der Waals surface area (Å²) in [6.45, 7) is 3.07. The molecule has 0 fully saturated rings. The summed E-state index contributed by atoms with van der Waals surface area (Å²) < 4.78 is 0. The predicted octanol–water partition coefficient (Wildman–Crippen LogP) is 0.958. The first-order valence-electron chi connectivity index (χ1n) is 6.34. The van der Waals surface area contributed by atoms with Crippen LogP contribution in [-0.4, -0.2) is 30.0 Å². The zero-order chi connectivity index (χ0) is 14.1. The van der Waals surface area contributed by atoms with Crippen LogP contribution in [0.1, 0.15) is 35.3 Å². The lowest BCUT2D eigenvalue weighted by Crippen LogP contribution is -2.30. The average Bonchev–Trinajstić information content (AvgIpc) is 2.38. The Hall–Kier alpha value is -2.11. The van der Waals surface area contributed by atoms with Gasteiger partial charge in [-0.25, -0.2) is 4.79 Å². The summed E-state index contributed by atoms with van der Waals surface area (Å²) in [6.07, 6.45) is 4.21. The third-order valence-electron chi connectivity index (χ3n) is 2.61. The van der Waals surface area contributed by atoms with Crippen molar-refractivity contribution < 1.29 is 9.59 Å². The molecular weight excluding hydrogens is 244 g/mol. The largest absolute Gasteiger partial charge is 0.352 e. The van der Waals surface area contributed by atoms with Crippen LogP contribution >= 0.6 is 0 Å². The minimum absolute atomic E-state index is 0.109. The number of primary amides is 1. The van der Waals surface area contributed by atoms with Crippen LogP contribution in [0.4, 0.5) is 4.79 Å². The molecule has 6 heteroatoms. The lowest BCUT2D eigenvalue weighted by Gasteiger charge is -2.05. The Labute approximate surface area is 112 Å². The number of unbranched alkanes of at least 4 members (excludes halogenated alkanes) is 2. The SMILES string of the molecule is Cc1ccc(C(=O)NCCCCCNC(N)=O)cn1. The van der Waals surface area contributed by atoms with E-state index in [4.69, 9.17) is 5.73 Å². The molecule has 0 aliphatic rings. The van der Waals surface area contributed by atoms with E-state index < -0.39 is 6.03 Å². The van der Waals surface area contributed by atoms with Gasteiger partial charge in [-0.3, -0.25) is 9.78 Å². The highest BCUT2D eigenvalue weighted by Crippen LogP contribution is 1.99. The number of hydrogen-bond donors (Lipinski definition) is 3. The fourth-order valence-corrected chi connectivity index (χ4v) is 1.54. The van der Waals surface area contributed by atoms with Gasteiger partial charge in [0.05, 0.1) is 5.56 Å². The summed E-state index contributed by atoms with van der Waals surface area (Å²) in [5, 5.41) is 5.35. The van der Waals surface area contributed by atoms with Crippen molar-refractivity contribution in [2.45, 2.75) is 26.2 Å². The first kappa shape index (κ1) is 14.9.